The number of amides is 5. The number of rotatable bonds is 6. The maximum absolute atomic E-state index is 14.5. The number of carbonyl (C=O) groups excluding carboxylic acids is 5. The molecule has 14 nitrogen and oxygen atoms in total. The van der Waals surface area contributed by atoms with Gasteiger partial charge in [0.1, 0.15) is 35.1 Å². The molecular weight excluding hydrogens is 803 g/mol. The molecule has 2 aromatic carbocycles. The summed E-state index contributed by atoms with van der Waals surface area (Å²) in [4.78, 5) is 71.4. The highest BCUT2D eigenvalue weighted by molar-refractivity contribution is 7.89. The van der Waals surface area contributed by atoms with Crippen molar-refractivity contribution in [2.45, 2.75) is 120 Å². The number of halogens is 4. The van der Waals surface area contributed by atoms with Crippen LogP contribution in [-0.4, -0.2) is 84.0 Å². The molecular formula is C40H47F4N5O9S. The summed E-state index contributed by atoms with van der Waals surface area (Å²) in [5, 5.41) is 5.31. The number of allylic oxidation sites excluding steroid dienone is 1. The summed E-state index contributed by atoms with van der Waals surface area (Å²) in [7, 11) is -4.50. The second-order valence-corrected chi connectivity index (χ2v) is 18.1. The van der Waals surface area contributed by atoms with Crippen molar-refractivity contribution < 1.29 is 59.4 Å². The van der Waals surface area contributed by atoms with Gasteiger partial charge in [-0.1, -0.05) is 49.3 Å². The van der Waals surface area contributed by atoms with Crippen LogP contribution in [0.15, 0.2) is 54.6 Å². The molecule has 4 aliphatic rings. The monoisotopic (exact) mass is 849 g/mol. The molecule has 59 heavy (non-hydrogen) atoms. The van der Waals surface area contributed by atoms with Crippen molar-refractivity contribution in [2.75, 3.05) is 6.54 Å². The van der Waals surface area contributed by atoms with E-state index < -0.39 is 98.5 Å². The number of alkyl carbamates (subject to hydrolysis) is 1. The Balaban J connectivity index is 1.24. The lowest BCUT2D eigenvalue weighted by Crippen LogP contribution is -2.58. The normalized spacial score (nSPS) is 25.6. The molecule has 1 saturated heterocycles. The Morgan fingerprint density at radius 1 is 1.00 bits per heavy atom. The van der Waals surface area contributed by atoms with Crippen molar-refractivity contribution in [3.05, 3.63) is 82.7 Å². The third kappa shape index (κ3) is 10.5. The number of nitrogens with zero attached hydrogens (tertiary/aromatic N) is 2. The minimum absolute atomic E-state index is 0.00907. The van der Waals surface area contributed by atoms with E-state index >= 15 is 0 Å². The lowest BCUT2D eigenvalue weighted by molar-refractivity contribution is -0.141. The van der Waals surface area contributed by atoms with Gasteiger partial charge in [0.15, 0.2) is 0 Å². The quantitative estimate of drug-likeness (QED) is 0.260. The van der Waals surface area contributed by atoms with Gasteiger partial charge in [-0.15, -0.1) is 0 Å². The number of nitrogens with one attached hydrogen (secondary N) is 3. The van der Waals surface area contributed by atoms with Gasteiger partial charge in [0.2, 0.25) is 21.8 Å². The number of benzene rings is 2. The zero-order chi connectivity index (χ0) is 42.9. The molecule has 0 bridgehead atoms. The highest BCUT2D eigenvalue weighted by Crippen LogP contribution is 2.46. The smallest absolute Gasteiger partial charge is 0.416 e. The van der Waals surface area contributed by atoms with E-state index in [1.165, 1.54) is 17.0 Å². The summed E-state index contributed by atoms with van der Waals surface area (Å²) in [6, 6.07) is 5.40. The molecule has 2 aromatic rings. The highest BCUT2D eigenvalue weighted by atomic mass is 32.2. The first kappa shape index (κ1) is 43.4. The summed E-state index contributed by atoms with van der Waals surface area (Å²) in [5.41, 5.74) is -2.74. The Labute approximate surface area is 339 Å². The topological polar surface area (TPSA) is 181 Å². The predicted octanol–water partition coefficient (Wildman–Crippen LogP) is 5.20. The van der Waals surface area contributed by atoms with Crippen LogP contribution in [0.4, 0.5) is 27.2 Å². The minimum atomic E-state index is -4.64. The Bertz CT molecular complexity index is 2110. The molecule has 3 N–H and O–H groups in total. The van der Waals surface area contributed by atoms with Crippen LogP contribution in [0.3, 0.4) is 0 Å². The van der Waals surface area contributed by atoms with Gasteiger partial charge in [-0.05, 0) is 75.8 Å². The summed E-state index contributed by atoms with van der Waals surface area (Å²) in [6.07, 6.45) is -1.56. The standard InChI is InChI=1S/C40H47F4N5O9S/c1-38(2,3)58-36(53)45-31-13-8-6-4-5-7-11-27-19-39(27,35(52)47-59(55,56)23-24-14-16-26(17-15-24)40(42,43)44)46-33(50)32-18-28(21-49(32)34(31)51)57-37(54)48-20-25-10-9-12-30(41)29(25)22-48/h7,9-12,14-17,27-28,31-32H,4-6,8,13,18-23H2,1-3H3,(H,45,53)(H,46,50)(H,47,52)/b11-7-/t27-,28+,31-,32-,39+/m0/s1. The summed E-state index contributed by atoms with van der Waals surface area (Å²) >= 11 is 0. The average Bonchev–Trinajstić information content (AvgIpc) is 3.42. The van der Waals surface area contributed by atoms with Crippen molar-refractivity contribution in [1.29, 1.82) is 0 Å². The first-order chi connectivity index (χ1) is 27.6. The Morgan fingerprint density at radius 2 is 1.73 bits per heavy atom. The van der Waals surface area contributed by atoms with Gasteiger partial charge in [-0.25, -0.2) is 22.4 Å². The van der Waals surface area contributed by atoms with Crippen LogP contribution >= 0.6 is 0 Å². The molecule has 2 fully saturated rings. The van der Waals surface area contributed by atoms with Gasteiger partial charge in [0.05, 0.1) is 24.4 Å². The third-order valence-electron chi connectivity index (χ3n) is 10.7. The Kier molecular flexibility index (Phi) is 12.4. The second kappa shape index (κ2) is 16.8. The molecule has 320 valence electrons. The predicted molar refractivity (Wildman–Crippen MR) is 203 cm³/mol. The number of sulfonamides is 1. The lowest BCUT2D eigenvalue weighted by Gasteiger charge is -2.30. The fraction of sp³-hybridized carbons (Fsp3) is 0.525. The van der Waals surface area contributed by atoms with Crippen LogP contribution < -0.4 is 15.4 Å². The van der Waals surface area contributed by atoms with Crippen LogP contribution in [-0.2, 0) is 58.9 Å². The molecule has 3 aliphatic heterocycles. The number of ether oxygens (including phenoxy) is 2. The molecule has 0 spiro atoms. The van der Waals surface area contributed by atoms with E-state index in [4.69, 9.17) is 9.47 Å². The lowest BCUT2D eigenvalue weighted by atomic mass is 10.0. The number of carbonyl (C=O) groups is 5. The van der Waals surface area contributed by atoms with E-state index in [9.17, 15) is 50.0 Å². The zero-order valence-corrected chi connectivity index (χ0v) is 33.6. The number of hydrogen-bond donors (Lipinski definition) is 3. The molecule has 0 radical (unpaired) electrons. The van der Waals surface area contributed by atoms with Gasteiger partial charge in [0.25, 0.3) is 5.91 Å². The van der Waals surface area contributed by atoms with Crippen LogP contribution in [0.5, 0.6) is 0 Å². The highest BCUT2D eigenvalue weighted by Gasteiger charge is 2.61. The summed E-state index contributed by atoms with van der Waals surface area (Å²) < 4.78 is 93.3. The summed E-state index contributed by atoms with van der Waals surface area (Å²) in [5.74, 6) is -4.58. The molecule has 5 atom stereocenters. The summed E-state index contributed by atoms with van der Waals surface area (Å²) in [6.45, 7) is 4.69. The molecule has 1 saturated carbocycles. The first-order valence-corrected chi connectivity index (χ1v) is 21.0. The fourth-order valence-electron chi connectivity index (χ4n) is 7.62. The van der Waals surface area contributed by atoms with Crippen molar-refractivity contribution in [1.82, 2.24) is 25.2 Å². The second-order valence-electron chi connectivity index (χ2n) is 16.4. The van der Waals surface area contributed by atoms with Gasteiger partial charge in [0, 0.05) is 24.4 Å². The minimum Gasteiger partial charge on any atom is -0.444 e. The number of hydrogen-bond acceptors (Lipinski definition) is 9. The van der Waals surface area contributed by atoms with Crippen molar-refractivity contribution >= 4 is 39.9 Å². The molecule has 19 heteroatoms. The third-order valence-corrected chi connectivity index (χ3v) is 11.9. The largest absolute Gasteiger partial charge is 0.444 e. The maximum atomic E-state index is 14.5. The van der Waals surface area contributed by atoms with E-state index in [-0.39, 0.29) is 44.5 Å². The fourth-order valence-corrected chi connectivity index (χ4v) is 8.79. The molecule has 0 aromatic heterocycles. The Hall–Kier alpha value is -5.20. The van der Waals surface area contributed by atoms with Gasteiger partial charge >= 0.3 is 18.4 Å². The van der Waals surface area contributed by atoms with Crippen molar-refractivity contribution in [3.8, 4) is 0 Å². The van der Waals surface area contributed by atoms with E-state index in [0.717, 1.165) is 29.2 Å². The molecule has 0 unspecified atom stereocenters. The van der Waals surface area contributed by atoms with E-state index in [1.54, 1.807) is 32.9 Å². The van der Waals surface area contributed by atoms with Crippen molar-refractivity contribution in [2.24, 2.45) is 5.92 Å². The van der Waals surface area contributed by atoms with E-state index in [2.05, 4.69) is 10.6 Å². The number of alkyl halides is 3. The maximum Gasteiger partial charge on any atom is 0.416 e. The van der Waals surface area contributed by atoms with Gasteiger partial charge in [-0.2, -0.15) is 13.2 Å². The van der Waals surface area contributed by atoms with Crippen LogP contribution in [0.25, 0.3) is 0 Å². The molecule has 3 heterocycles. The van der Waals surface area contributed by atoms with Gasteiger partial charge in [-0.3, -0.25) is 24.0 Å². The zero-order valence-electron chi connectivity index (χ0n) is 32.8. The Morgan fingerprint density at radius 3 is 2.41 bits per heavy atom. The van der Waals surface area contributed by atoms with Crippen molar-refractivity contribution in [3.63, 3.8) is 0 Å². The van der Waals surface area contributed by atoms with Crippen LogP contribution in [0.2, 0.25) is 0 Å². The SMILES string of the molecule is CC(C)(C)OC(=O)N[C@H]1CCCCC/C=C\[C@H]2C[C@@]2(C(=O)NS(=O)(=O)Cc2ccc(C(F)(F)F)cc2)NC(=O)[C@@H]2C[C@@H](OC(=O)N3Cc4cccc(F)c4C3)CN2C1=O. The molecule has 1 aliphatic carbocycles. The molecule has 5 amide bonds. The average molecular weight is 850 g/mol. The van der Waals surface area contributed by atoms with Crippen LogP contribution in [0.1, 0.15) is 88.0 Å². The van der Waals surface area contributed by atoms with Crippen LogP contribution in [0, 0.1) is 11.7 Å². The number of fused-ring (bicyclic) bond motifs is 3. The van der Waals surface area contributed by atoms with E-state index in [0.29, 0.717) is 36.8 Å². The van der Waals surface area contributed by atoms with E-state index in [1.807, 2.05) is 10.8 Å². The molecule has 6 rings (SSSR count). The van der Waals surface area contributed by atoms with Gasteiger partial charge < -0.3 is 25.0 Å². The first-order valence-electron chi connectivity index (χ1n) is 19.4.